The van der Waals surface area contributed by atoms with Crippen LogP contribution in [0.5, 0.6) is 0 Å². The van der Waals surface area contributed by atoms with Crippen LogP contribution in [0.3, 0.4) is 0 Å². The van der Waals surface area contributed by atoms with Gasteiger partial charge in [0.05, 0.1) is 32.5 Å². The molecule has 23 heavy (non-hydrogen) atoms. The number of hydrogen-bond acceptors (Lipinski definition) is 4. The number of thiophene rings is 1. The van der Waals surface area contributed by atoms with E-state index in [0.29, 0.717) is 33.0 Å². The van der Waals surface area contributed by atoms with Crippen molar-refractivity contribution in [2.45, 2.75) is 32.7 Å². The lowest BCUT2D eigenvalue weighted by molar-refractivity contribution is 0.00472. The molecule has 2 rings (SSSR count). The molecule has 0 spiro atoms. The Labute approximate surface area is 150 Å². The molecule has 1 aromatic carbocycles. The standard InChI is InChI=1S/C18H23BrO3S/c1-15(22-12-16-5-3-2-4-6-16)7-8-20-9-10-21-13-18-11-17(19)14-23-18/h2-6,11,14-15H,7-10,12-13H2,1H3. The molecule has 1 heterocycles. The maximum absolute atomic E-state index is 5.80. The van der Waals surface area contributed by atoms with Gasteiger partial charge in [-0.1, -0.05) is 30.3 Å². The average Bonchev–Trinajstić information content (AvgIpc) is 2.98. The van der Waals surface area contributed by atoms with E-state index in [-0.39, 0.29) is 6.10 Å². The Balaban J connectivity index is 1.44. The fourth-order valence-corrected chi connectivity index (χ4v) is 3.35. The van der Waals surface area contributed by atoms with Gasteiger partial charge in [-0.05, 0) is 40.9 Å². The lowest BCUT2D eigenvalue weighted by Crippen LogP contribution is -2.13. The number of hydrogen-bond donors (Lipinski definition) is 0. The van der Waals surface area contributed by atoms with Crippen LogP contribution in [0.15, 0.2) is 46.3 Å². The van der Waals surface area contributed by atoms with Crippen molar-refractivity contribution in [3.05, 3.63) is 56.7 Å². The molecule has 0 radical (unpaired) electrons. The van der Waals surface area contributed by atoms with Crippen LogP contribution in [0.4, 0.5) is 0 Å². The molecule has 0 aliphatic carbocycles. The van der Waals surface area contributed by atoms with Crippen molar-refractivity contribution < 1.29 is 14.2 Å². The van der Waals surface area contributed by atoms with E-state index in [1.165, 1.54) is 10.4 Å². The molecule has 0 aliphatic rings. The minimum Gasteiger partial charge on any atom is -0.379 e. The highest BCUT2D eigenvalue weighted by Gasteiger charge is 2.03. The molecular weight excluding hydrogens is 376 g/mol. The van der Waals surface area contributed by atoms with Gasteiger partial charge in [-0.2, -0.15) is 0 Å². The Morgan fingerprint density at radius 1 is 1.04 bits per heavy atom. The monoisotopic (exact) mass is 398 g/mol. The van der Waals surface area contributed by atoms with E-state index in [4.69, 9.17) is 14.2 Å². The summed E-state index contributed by atoms with van der Waals surface area (Å²) in [7, 11) is 0. The first-order valence-electron chi connectivity index (χ1n) is 7.78. The lowest BCUT2D eigenvalue weighted by atomic mass is 10.2. The first-order valence-corrected chi connectivity index (χ1v) is 9.45. The third kappa shape index (κ3) is 8.08. The molecule has 2 aromatic rings. The van der Waals surface area contributed by atoms with Gasteiger partial charge in [-0.3, -0.25) is 0 Å². The molecule has 0 fully saturated rings. The second-order valence-corrected chi connectivity index (χ2v) is 7.20. The van der Waals surface area contributed by atoms with Gasteiger partial charge in [0.1, 0.15) is 0 Å². The summed E-state index contributed by atoms with van der Waals surface area (Å²) in [4.78, 5) is 1.22. The molecule has 0 aliphatic heterocycles. The van der Waals surface area contributed by atoms with E-state index in [0.717, 1.165) is 10.9 Å². The second-order valence-electron chi connectivity index (χ2n) is 5.29. The van der Waals surface area contributed by atoms with Crippen molar-refractivity contribution in [2.75, 3.05) is 19.8 Å². The summed E-state index contributed by atoms with van der Waals surface area (Å²) in [5.74, 6) is 0. The largest absolute Gasteiger partial charge is 0.379 e. The molecule has 0 N–H and O–H groups in total. The molecule has 0 bridgehead atoms. The third-order valence-electron chi connectivity index (χ3n) is 3.28. The Hall–Kier alpha value is -0.720. The normalized spacial score (nSPS) is 12.4. The Kier molecular flexibility index (Phi) is 8.86. The average molecular weight is 399 g/mol. The highest BCUT2D eigenvalue weighted by atomic mass is 79.9. The van der Waals surface area contributed by atoms with E-state index in [2.05, 4.69) is 46.4 Å². The van der Waals surface area contributed by atoms with Crippen LogP contribution >= 0.6 is 27.3 Å². The molecule has 5 heteroatoms. The number of benzene rings is 1. The summed E-state index contributed by atoms with van der Waals surface area (Å²) in [5, 5.41) is 2.06. The van der Waals surface area contributed by atoms with Crippen molar-refractivity contribution >= 4 is 27.3 Å². The zero-order valence-corrected chi connectivity index (χ0v) is 15.8. The van der Waals surface area contributed by atoms with Crippen LogP contribution in [0.1, 0.15) is 23.8 Å². The number of rotatable bonds is 11. The van der Waals surface area contributed by atoms with Crippen molar-refractivity contribution in [1.82, 2.24) is 0 Å². The first-order chi connectivity index (χ1) is 11.2. The van der Waals surface area contributed by atoms with Crippen LogP contribution in [0, 0.1) is 0 Å². The zero-order valence-electron chi connectivity index (χ0n) is 13.4. The van der Waals surface area contributed by atoms with Crippen LogP contribution < -0.4 is 0 Å². The minimum absolute atomic E-state index is 0.194. The van der Waals surface area contributed by atoms with E-state index in [9.17, 15) is 0 Å². The van der Waals surface area contributed by atoms with Crippen LogP contribution in [0.2, 0.25) is 0 Å². The topological polar surface area (TPSA) is 27.7 Å². The molecule has 0 saturated carbocycles. The summed E-state index contributed by atoms with van der Waals surface area (Å²) < 4.78 is 18.1. The van der Waals surface area contributed by atoms with Crippen LogP contribution in [0.25, 0.3) is 0 Å². The summed E-state index contributed by atoms with van der Waals surface area (Å²) in [6.07, 6.45) is 1.09. The number of halogens is 1. The lowest BCUT2D eigenvalue weighted by Gasteiger charge is -2.13. The van der Waals surface area contributed by atoms with Crippen molar-refractivity contribution in [2.24, 2.45) is 0 Å². The van der Waals surface area contributed by atoms with Gasteiger partial charge in [-0.15, -0.1) is 11.3 Å². The summed E-state index contributed by atoms with van der Waals surface area (Å²) in [6.45, 7) is 5.33. The molecule has 1 atom stereocenters. The van der Waals surface area contributed by atoms with E-state index >= 15 is 0 Å². The maximum atomic E-state index is 5.80. The molecular formula is C18H23BrO3S. The molecule has 1 unspecified atom stereocenters. The minimum atomic E-state index is 0.194. The summed E-state index contributed by atoms with van der Waals surface area (Å²) in [6, 6.07) is 12.3. The van der Waals surface area contributed by atoms with Gasteiger partial charge in [0.15, 0.2) is 0 Å². The molecule has 0 saturated heterocycles. The highest BCUT2D eigenvalue weighted by Crippen LogP contribution is 2.20. The van der Waals surface area contributed by atoms with Gasteiger partial charge >= 0.3 is 0 Å². The Morgan fingerprint density at radius 2 is 1.83 bits per heavy atom. The molecule has 126 valence electrons. The smallest absolute Gasteiger partial charge is 0.0810 e. The quantitative estimate of drug-likeness (QED) is 0.496. The zero-order chi connectivity index (χ0) is 16.3. The second kappa shape index (κ2) is 10.9. The van der Waals surface area contributed by atoms with E-state index in [1.54, 1.807) is 11.3 Å². The van der Waals surface area contributed by atoms with E-state index < -0.39 is 0 Å². The fourth-order valence-electron chi connectivity index (χ4n) is 1.97. The molecule has 0 amide bonds. The van der Waals surface area contributed by atoms with Crippen LogP contribution in [-0.4, -0.2) is 25.9 Å². The van der Waals surface area contributed by atoms with Crippen LogP contribution in [-0.2, 0) is 27.4 Å². The Morgan fingerprint density at radius 3 is 2.57 bits per heavy atom. The van der Waals surface area contributed by atoms with Gasteiger partial charge in [0.25, 0.3) is 0 Å². The van der Waals surface area contributed by atoms with Gasteiger partial charge in [0, 0.05) is 21.3 Å². The summed E-state index contributed by atoms with van der Waals surface area (Å²) in [5.41, 5.74) is 1.20. The number of ether oxygens (including phenoxy) is 3. The van der Waals surface area contributed by atoms with E-state index in [1.807, 2.05) is 18.2 Å². The predicted molar refractivity (Wildman–Crippen MR) is 97.8 cm³/mol. The maximum Gasteiger partial charge on any atom is 0.0810 e. The fraction of sp³-hybridized carbons (Fsp3) is 0.444. The van der Waals surface area contributed by atoms with Gasteiger partial charge in [-0.25, -0.2) is 0 Å². The highest BCUT2D eigenvalue weighted by molar-refractivity contribution is 9.10. The van der Waals surface area contributed by atoms with Crippen molar-refractivity contribution in [3.8, 4) is 0 Å². The van der Waals surface area contributed by atoms with Gasteiger partial charge in [0.2, 0.25) is 0 Å². The molecule has 1 aromatic heterocycles. The predicted octanol–water partition coefficient (Wildman–Crippen LogP) is 5.04. The van der Waals surface area contributed by atoms with Gasteiger partial charge < -0.3 is 14.2 Å². The Bertz CT molecular complexity index is 544. The first kappa shape index (κ1) is 18.6. The van der Waals surface area contributed by atoms with Crippen molar-refractivity contribution in [1.29, 1.82) is 0 Å². The third-order valence-corrected chi connectivity index (χ3v) is 4.96. The van der Waals surface area contributed by atoms with Crippen molar-refractivity contribution in [3.63, 3.8) is 0 Å². The SMILES string of the molecule is CC(CCOCCOCc1cc(Br)cs1)OCc1ccccc1. The summed E-state index contributed by atoms with van der Waals surface area (Å²) >= 11 is 5.13. The molecule has 3 nitrogen and oxygen atoms in total.